The molecule has 0 heterocycles. The van der Waals surface area contributed by atoms with Crippen LogP contribution in [0.3, 0.4) is 0 Å². The van der Waals surface area contributed by atoms with Gasteiger partial charge in [-0.2, -0.15) is 0 Å². The molecule has 2 saturated carbocycles. The van der Waals surface area contributed by atoms with Crippen LogP contribution in [-0.2, 0) is 19.1 Å². The topological polar surface area (TPSA) is 52.6 Å². The van der Waals surface area contributed by atoms with E-state index in [9.17, 15) is 9.59 Å². The van der Waals surface area contributed by atoms with E-state index in [4.69, 9.17) is 9.47 Å². The minimum atomic E-state index is -0.814. The maximum atomic E-state index is 13.2. The van der Waals surface area contributed by atoms with Crippen LogP contribution in [0.2, 0.25) is 0 Å². The number of carbonyl (C=O) groups excluding carboxylic acids is 2. The molecule has 2 aromatic carbocycles. The van der Waals surface area contributed by atoms with Gasteiger partial charge in [0.15, 0.2) is 5.92 Å². The number of hydrogen-bond acceptors (Lipinski definition) is 4. The van der Waals surface area contributed by atoms with E-state index >= 15 is 0 Å². The molecule has 0 aromatic heterocycles. The Balaban J connectivity index is 1.26. The molecule has 0 bridgehead atoms. The summed E-state index contributed by atoms with van der Waals surface area (Å²) in [4.78, 5) is 26.4. The van der Waals surface area contributed by atoms with Gasteiger partial charge in [0.25, 0.3) is 0 Å². The van der Waals surface area contributed by atoms with E-state index in [0.717, 1.165) is 64.2 Å². The second-order valence-corrected chi connectivity index (χ2v) is 10.6. The lowest BCUT2D eigenvalue weighted by Crippen LogP contribution is -2.34. The molecule has 2 fully saturated rings. The Kier molecular flexibility index (Phi) is 7.85. The van der Waals surface area contributed by atoms with Crippen molar-refractivity contribution in [3.63, 3.8) is 0 Å². The highest BCUT2D eigenvalue weighted by molar-refractivity contribution is 5.95. The van der Waals surface area contributed by atoms with Crippen LogP contribution in [0.5, 0.6) is 0 Å². The van der Waals surface area contributed by atoms with Crippen LogP contribution in [0.25, 0.3) is 11.1 Å². The number of carbonyl (C=O) groups is 2. The average Bonchev–Trinajstić information content (AvgIpc) is 3.21. The third-order valence-corrected chi connectivity index (χ3v) is 8.19. The molecule has 5 rings (SSSR count). The molecule has 186 valence electrons. The van der Waals surface area contributed by atoms with Crippen molar-refractivity contribution in [3.8, 4) is 11.1 Å². The lowest BCUT2D eigenvalue weighted by atomic mass is 9.89. The van der Waals surface area contributed by atoms with E-state index in [2.05, 4.69) is 48.5 Å². The summed E-state index contributed by atoms with van der Waals surface area (Å²) in [6.07, 6.45) is 12.5. The summed E-state index contributed by atoms with van der Waals surface area (Å²) in [6, 6.07) is 17.2. The molecule has 2 aromatic rings. The molecule has 0 spiro atoms. The van der Waals surface area contributed by atoms with Gasteiger partial charge in [-0.15, -0.1) is 0 Å². The molecule has 35 heavy (non-hydrogen) atoms. The van der Waals surface area contributed by atoms with Crippen LogP contribution < -0.4 is 0 Å². The summed E-state index contributed by atoms with van der Waals surface area (Å²) >= 11 is 0. The first-order valence-electron chi connectivity index (χ1n) is 13.8. The fraction of sp³-hybridized carbons (Fsp3) is 0.548. The summed E-state index contributed by atoms with van der Waals surface area (Å²) < 4.78 is 11.7. The Labute approximate surface area is 209 Å². The van der Waals surface area contributed by atoms with Gasteiger partial charge in [0.05, 0.1) is 0 Å². The van der Waals surface area contributed by atoms with Gasteiger partial charge in [-0.3, -0.25) is 9.59 Å². The minimum Gasteiger partial charge on any atom is -0.462 e. The summed E-state index contributed by atoms with van der Waals surface area (Å²) in [7, 11) is 0. The molecule has 0 aliphatic heterocycles. The third-order valence-electron chi connectivity index (χ3n) is 8.19. The van der Waals surface area contributed by atoms with E-state index in [-0.39, 0.29) is 24.1 Å². The van der Waals surface area contributed by atoms with Crippen molar-refractivity contribution in [2.45, 2.75) is 102 Å². The Hall–Kier alpha value is -2.62. The van der Waals surface area contributed by atoms with E-state index < -0.39 is 5.92 Å². The van der Waals surface area contributed by atoms with Crippen LogP contribution in [0.4, 0.5) is 0 Å². The first-order chi connectivity index (χ1) is 17.2. The molecule has 3 aliphatic rings. The number of hydrogen-bond donors (Lipinski definition) is 0. The van der Waals surface area contributed by atoms with E-state index in [1.165, 1.54) is 35.1 Å². The first-order valence-corrected chi connectivity index (χ1v) is 13.8. The lowest BCUT2D eigenvalue weighted by Gasteiger charge is -2.26. The maximum Gasteiger partial charge on any atom is 0.320 e. The van der Waals surface area contributed by atoms with Crippen LogP contribution in [0, 0.1) is 5.92 Å². The second-order valence-electron chi connectivity index (χ2n) is 10.6. The van der Waals surface area contributed by atoms with Crippen molar-refractivity contribution in [1.82, 2.24) is 0 Å². The highest BCUT2D eigenvalue weighted by Crippen LogP contribution is 2.46. The molecule has 0 unspecified atom stereocenters. The largest absolute Gasteiger partial charge is 0.462 e. The predicted molar refractivity (Wildman–Crippen MR) is 137 cm³/mol. The summed E-state index contributed by atoms with van der Waals surface area (Å²) in [5, 5.41) is 0. The molecule has 4 nitrogen and oxygen atoms in total. The number of rotatable bonds is 8. The second kappa shape index (κ2) is 11.4. The summed E-state index contributed by atoms with van der Waals surface area (Å²) in [6.45, 7) is 0. The van der Waals surface area contributed by atoms with Gasteiger partial charge in [-0.1, -0.05) is 67.8 Å². The number of esters is 2. The molecule has 0 amide bonds. The standard InChI is InChI=1S/C31H38O4/c32-30(34-22-12-3-1-4-13-22)29(31(33)35-23-14-5-2-6-15-23)21-11-20-28-26-18-9-7-16-24(26)25-17-8-10-19-27(25)28/h7-10,16-19,22-23,28-29H,1-6,11-15,20-21H2. The van der Waals surface area contributed by atoms with Gasteiger partial charge in [-0.25, -0.2) is 0 Å². The Bertz CT molecular complexity index is 939. The van der Waals surface area contributed by atoms with Crippen molar-refractivity contribution in [2.75, 3.05) is 0 Å². The third kappa shape index (κ3) is 5.63. The lowest BCUT2D eigenvalue weighted by molar-refractivity contribution is -0.170. The van der Waals surface area contributed by atoms with Gasteiger partial charge in [-0.05, 0) is 86.5 Å². The van der Waals surface area contributed by atoms with Crippen LogP contribution in [-0.4, -0.2) is 24.1 Å². The van der Waals surface area contributed by atoms with Crippen molar-refractivity contribution in [2.24, 2.45) is 5.92 Å². The summed E-state index contributed by atoms with van der Waals surface area (Å²) in [5.74, 6) is -1.26. The molecule has 0 N–H and O–H groups in total. The van der Waals surface area contributed by atoms with E-state index in [1.807, 2.05) is 0 Å². The van der Waals surface area contributed by atoms with E-state index in [0.29, 0.717) is 12.3 Å². The fourth-order valence-electron chi connectivity index (χ4n) is 6.29. The van der Waals surface area contributed by atoms with Gasteiger partial charge >= 0.3 is 11.9 Å². The maximum absolute atomic E-state index is 13.2. The number of fused-ring (bicyclic) bond motifs is 3. The molecule has 0 saturated heterocycles. The number of ether oxygens (including phenoxy) is 2. The van der Waals surface area contributed by atoms with Gasteiger partial charge in [0, 0.05) is 5.92 Å². The summed E-state index contributed by atoms with van der Waals surface area (Å²) in [5.41, 5.74) is 5.30. The first kappa shape index (κ1) is 24.1. The van der Waals surface area contributed by atoms with Gasteiger partial charge < -0.3 is 9.47 Å². The SMILES string of the molecule is O=C(OC1CCCCC1)C(CCCC1c2ccccc2-c2ccccc21)C(=O)OC1CCCCC1. The van der Waals surface area contributed by atoms with Crippen molar-refractivity contribution < 1.29 is 19.1 Å². The monoisotopic (exact) mass is 474 g/mol. The molecular weight excluding hydrogens is 436 g/mol. The van der Waals surface area contributed by atoms with Crippen molar-refractivity contribution >= 4 is 11.9 Å². The molecule has 0 radical (unpaired) electrons. The van der Waals surface area contributed by atoms with Crippen LogP contribution in [0.1, 0.15) is 101 Å². The van der Waals surface area contributed by atoms with E-state index in [1.54, 1.807) is 0 Å². The minimum absolute atomic E-state index is 0.0465. The van der Waals surface area contributed by atoms with Gasteiger partial charge in [0.2, 0.25) is 0 Å². The molecule has 0 atom stereocenters. The molecular formula is C31H38O4. The zero-order chi connectivity index (χ0) is 24.0. The Morgan fingerprint density at radius 3 is 1.63 bits per heavy atom. The fourth-order valence-corrected chi connectivity index (χ4v) is 6.29. The van der Waals surface area contributed by atoms with Gasteiger partial charge in [0.1, 0.15) is 12.2 Å². The van der Waals surface area contributed by atoms with Crippen LogP contribution >= 0.6 is 0 Å². The normalized spacial score (nSPS) is 18.8. The average molecular weight is 475 g/mol. The highest BCUT2D eigenvalue weighted by atomic mass is 16.6. The zero-order valence-corrected chi connectivity index (χ0v) is 20.8. The van der Waals surface area contributed by atoms with Crippen LogP contribution in [0.15, 0.2) is 48.5 Å². The highest BCUT2D eigenvalue weighted by Gasteiger charge is 2.35. The zero-order valence-electron chi connectivity index (χ0n) is 20.8. The number of benzene rings is 2. The Morgan fingerprint density at radius 1 is 0.686 bits per heavy atom. The molecule has 3 aliphatic carbocycles. The van der Waals surface area contributed by atoms with Crippen molar-refractivity contribution in [1.29, 1.82) is 0 Å². The van der Waals surface area contributed by atoms with Crippen molar-refractivity contribution in [3.05, 3.63) is 59.7 Å². The Morgan fingerprint density at radius 2 is 1.14 bits per heavy atom. The predicted octanol–water partition coefficient (Wildman–Crippen LogP) is 7.34. The molecule has 4 heteroatoms. The quantitative estimate of drug-likeness (QED) is 0.297. The smallest absolute Gasteiger partial charge is 0.320 e.